The van der Waals surface area contributed by atoms with Crippen molar-refractivity contribution in [3.8, 4) is 11.3 Å². The molecule has 0 amide bonds. The lowest BCUT2D eigenvalue weighted by Crippen LogP contribution is -2.11. The number of nitrogens with zero attached hydrogens (tertiary/aromatic N) is 5. The number of benzene rings is 1. The SMILES string of the molecule is C=CN(N=C)c1cccc(-c2cnc(N)c(C(=O)c3cccnc3)n2)c1. The highest BCUT2D eigenvalue weighted by atomic mass is 16.1. The van der Waals surface area contributed by atoms with E-state index in [4.69, 9.17) is 5.73 Å². The van der Waals surface area contributed by atoms with Crippen molar-refractivity contribution >= 4 is 24.0 Å². The zero-order valence-electron chi connectivity index (χ0n) is 13.9. The highest BCUT2D eigenvalue weighted by Gasteiger charge is 2.17. The predicted octanol–water partition coefficient (Wildman–Crippen LogP) is 2.92. The normalized spacial score (nSPS) is 10.2. The standard InChI is InChI=1S/C19H16N6O/c1-3-25(21-2)15-8-4-6-13(10-15)16-12-23-19(20)17(24-16)18(26)14-7-5-9-22-11-14/h3-12H,1-2H2,(H2,20,23). The van der Waals surface area contributed by atoms with Gasteiger partial charge in [0.05, 0.1) is 17.6 Å². The van der Waals surface area contributed by atoms with Gasteiger partial charge in [0.15, 0.2) is 11.5 Å². The maximum Gasteiger partial charge on any atom is 0.216 e. The largest absolute Gasteiger partial charge is 0.382 e. The molecule has 0 saturated carbocycles. The van der Waals surface area contributed by atoms with E-state index < -0.39 is 0 Å². The molecule has 0 spiro atoms. The molecule has 0 atom stereocenters. The van der Waals surface area contributed by atoms with E-state index in [1.54, 1.807) is 18.3 Å². The minimum atomic E-state index is -0.332. The third-order valence-electron chi connectivity index (χ3n) is 3.67. The van der Waals surface area contributed by atoms with Gasteiger partial charge >= 0.3 is 0 Å². The second-order valence-corrected chi connectivity index (χ2v) is 5.28. The summed E-state index contributed by atoms with van der Waals surface area (Å²) < 4.78 is 0. The molecule has 0 radical (unpaired) electrons. The summed E-state index contributed by atoms with van der Waals surface area (Å²) in [6, 6.07) is 10.7. The quantitative estimate of drug-likeness (QED) is 0.419. The van der Waals surface area contributed by atoms with Gasteiger partial charge in [-0.05, 0) is 24.3 Å². The first-order valence-electron chi connectivity index (χ1n) is 7.70. The molecule has 7 nitrogen and oxygen atoms in total. The third kappa shape index (κ3) is 3.32. The van der Waals surface area contributed by atoms with E-state index in [2.05, 4.69) is 33.3 Å². The van der Waals surface area contributed by atoms with Crippen molar-refractivity contribution < 1.29 is 4.79 Å². The maximum atomic E-state index is 12.7. The molecule has 2 aromatic heterocycles. The number of aromatic nitrogens is 3. The average molecular weight is 344 g/mol. The van der Waals surface area contributed by atoms with Crippen LogP contribution in [0.1, 0.15) is 16.1 Å². The van der Waals surface area contributed by atoms with Crippen LogP contribution in [0.2, 0.25) is 0 Å². The van der Waals surface area contributed by atoms with Crippen LogP contribution >= 0.6 is 0 Å². The Bertz CT molecular complexity index is 963. The molecule has 7 heteroatoms. The van der Waals surface area contributed by atoms with Crippen LogP contribution in [-0.2, 0) is 0 Å². The Hall–Kier alpha value is -3.87. The van der Waals surface area contributed by atoms with Gasteiger partial charge in [-0.15, -0.1) is 0 Å². The van der Waals surface area contributed by atoms with Gasteiger partial charge in [0, 0.05) is 36.4 Å². The molecule has 1 aromatic carbocycles. The summed E-state index contributed by atoms with van der Waals surface area (Å²) in [5, 5.41) is 5.38. The molecule has 128 valence electrons. The Kier molecular flexibility index (Phi) is 4.80. The van der Waals surface area contributed by atoms with Gasteiger partial charge in [-0.1, -0.05) is 18.7 Å². The molecule has 0 fully saturated rings. The van der Waals surface area contributed by atoms with Gasteiger partial charge in [-0.25, -0.2) is 15.0 Å². The zero-order valence-corrected chi connectivity index (χ0v) is 13.9. The average Bonchev–Trinajstić information content (AvgIpc) is 2.70. The number of nitrogens with two attached hydrogens (primary N) is 1. The highest BCUT2D eigenvalue weighted by Crippen LogP contribution is 2.25. The van der Waals surface area contributed by atoms with Crippen LogP contribution in [0.4, 0.5) is 11.5 Å². The lowest BCUT2D eigenvalue weighted by Gasteiger charge is -2.14. The topological polar surface area (TPSA) is 97.4 Å². The van der Waals surface area contributed by atoms with Crippen LogP contribution in [0.5, 0.6) is 0 Å². The van der Waals surface area contributed by atoms with Crippen LogP contribution < -0.4 is 10.7 Å². The predicted molar refractivity (Wildman–Crippen MR) is 102 cm³/mol. The molecular formula is C19H16N6O. The Morgan fingerprint density at radius 1 is 1.23 bits per heavy atom. The fourth-order valence-corrected chi connectivity index (χ4v) is 2.39. The first-order chi connectivity index (χ1) is 12.6. The smallest absolute Gasteiger partial charge is 0.216 e. The maximum absolute atomic E-state index is 12.7. The second-order valence-electron chi connectivity index (χ2n) is 5.28. The number of hydrogen-bond donors (Lipinski definition) is 1. The minimum absolute atomic E-state index is 0.0687. The van der Waals surface area contributed by atoms with Gasteiger partial charge in [-0.3, -0.25) is 9.78 Å². The number of carbonyl (C=O) groups is 1. The molecule has 0 aliphatic carbocycles. The first kappa shape index (κ1) is 17.0. The number of pyridine rings is 1. The van der Waals surface area contributed by atoms with Crippen LogP contribution in [0.3, 0.4) is 0 Å². The molecule has 3 aromatic rings. The van der Waals surface area contributed by atoms with Gasteiger partial charge in [0.1, 0.15) is 0 Å². The van der Waals surface area contributed by atoms with Crippen molar-refractivity contribution in [3.05, 3.63) is 79.0 Å². The second kappa shape index (κ2) is 7.35. The first-order valence-corrected chi connectivity index (χ1v) is 7.70. The number of hydrazone groups is 1. The van der Waals surface area contributed by atoms with Crippen molar-refractivity contribution in [2.45, 2.75) is 0 Å². The summed E-state index contributed by atoms with van der Waals surface area (Å²) in [7, 11) is 0. The summed E-state index contributed by atoms with van der Waals surface area (Å²) in [4.78, 5) is 25.1. The van der Waals surface area contributed by atoms with Gasteiger partial charge in [0.25, 0.3) is 0 Å². The van der Waals surface area contributed by atoms with E-state index in [0.29, 0.717) is 11.3 Å². The van der Waals surface area contributed by atoms with Crippen LogP contribution in [0.15, 0.2) is 72.9 Å². The van der Waals surface area contributed by atoms with E-state index in [0.717, 1.165) is 11.3 Å². The number of carbonyl (C=O) groups excluding carboxylic acids is 1. The van der Waals surface area contributed by atoms with Gasteiger partial charge < -0.3 is 5.73 Å². The molecule has 0 aliphatic rings. The van der Waals surface area contributed by atoms with Crippen molar-refractivity contribution in [1.29, 1.82) is 0 Å². The molecule has 0 saturated heterocycles. The highest BCUT2D eigenvalue weighted by molar-refractivity contribution is 6.10. The number of nitrogen functional groups attached to an aromatic ring is 1. The molecule has 2 heterocycles. The number of rotatable bonds is 6. The van der Waals surface area contributed by atoms with E-state index >= 15 is 0 Å². The fourth-order valence-electron chi connectivity index (χ4n) is 2.39. The summed E-state index contributed by atoms with van der Waals surface area (Å²) >= 11 is 0. The van der Waals surface area contributed by atoms with Crippen LogP contribution in [0.25, 0.3) is 11.3 Å². The van der Waals surface area contributed by atoms with E-state index in [-0.39, 0.29) is 17.3 Å². The van der Waals surface area contributed by atoms with Crippen LogP contribution in [0, 0.1) is 0 Å². The molecule has 0 aliphatic heterocycles. The Morgan fingerprint density at radius 3 is 2.77 bits per heavy atom. The summed E-state index contributed by atoms with van der Waals surface area (Å²) in [6.45, 7) is 7.19. The minimum Gasteiger partial charge on any atom is -0.382 e. The van der Waals surface area contributed by atoms with Crippen molar-refractivity contribution in [1.82, 2.24) is 15.0 Å². The van der Waals surface area contributed by atoms with E-state index in [1.807, 2.05) is 24.3 Å². The monoisotopic (exact) mass is 344 g/mol. The third-order valence-corrected chi connectivity index (χ3v) is 3.67. The van der Waals surface area contributed by atoms with E-state index in [9.17, 15) is 4.79 Å². The van der Waals surface area contributed by atoms with Crippen molar-refractivity contribution in [2.75, 3.05) is 10.7 Å². The van der Waals surface area contributed by atoms with Gasteiger partial charge in [0.2, 0.25) is 5.78 Å². The summed E-state index contributed by atoms with van der Waals surface area (Å²) in [5.41, 5.74) is 8.38. The molecule has 0 unspecified atom stereocenters. The lowest BCUT2D eigenvalue weighted by atomic mass is 10.1. The molecule has 26 heavy (non-hydrogen) atoms. The Morgan fingerprint density at radius 2 is 2.08 bits per heavy atom. The van der Waals surface area contributed by atoms with Crippen molar-refractivity contribution in [2.24, 2.45) is 5.10 Å². The Balaban J connectivity index is 2.03. The van der Waals surface area contributed by atoms with E-state index in [1.165, 1.54) is 23.6 Å². The Labute approximate surface area is 150 Å². The lowest BCUT2D eigenvalue weighted by molar-refractivity contribution is 0.103. The number of ketones is 1. The fraction of sp³-hybridized carbons (Fsp3) is 0. The number of anilines is 2. The molecule has 0 bridgehead atoms. The zero-order chi connectivity index (χ0) is 18.5. The molecule has 3 rings (SSSR count). The summed E-state index contributed by atoms with van der Waals surface area (Å²) in [6.07, 6.45) is 6.12. The summed E-state index contributed by atoms with van der Waals surface area (Å²) in [5.74, 6) is -0.263. The molecule has 2 N–H and O–H groups in total. The van der Waals surface area contributed by atoms with Crippen molar-refractivity contribution in [3.63, 3.8) is 0 Å². The van der Waals surface area contributed by atoms with Crippen LogP contribution in [-0.4, -0.2) is 27.5 Å². The van der Waals surface area contributed by atoms with Gasteiger partial charge in [-0.2, -0.15) is 5.10 Å². The number of hydrogen-bond acceptors (Lipinski definition) is 7. The molecular weight excluding hydrogens is 328 g/mol.